The molecule has 2 aliphatic rings. The zero-order valence-corrected chi connectivity index (χ0v) is 31.1. The van der Waals surface area contributed by atoms with E-state index < -0.39 is 27.3 Å². The number of nitriles is 1. The number of amides is 2. The van der Waals surface area contributed by atoms with Gasteiger partial charge in [0.05, 0.1) is 35.4 Å². The molecule has 0 aromatic heterocycles. The molecule has 1 saturated heterocycles. The Labute approximate surface area is 311 Å². The van der Waals surface area contributed by atoms with Gasteiger partial charge in [-0.2, -0.15) is 5.26 Å². The van der Waals surface area contributed by atoms with Crippen LogP contribution in [0.15, 0.2) is 65.7 Å². The molecule has 0 saturated carbocycles. The lowest BCUT2D eigenvalue weighted by Crippen LogP contribution is -2.54. The highest BCUT2D eigenvalue weighted by atomic mass is 35.5. The molecule has 5 rings (SSSR count). The number of sulfone groups is 1. The number of hydrogen-bond acceptors (Lipinski definition) is 7. The van der Waals surface area contributed by atoms with Crippen LogP contribution in [0.25, 0.3) is 0 Å². The lowest BCUT2D eigenvalue weighted by atomic mass is 9.85. The highest BCUT2D eigenvalue weighted by molar-refractivity contribution is 7.90. The third-order valence-electron chi connectivity index (χ3n) is 8.89. The molecule has 0 radical (unpaired) electrons. The van der Waals surface area contributed by atoms with E-state index in [1.807, 2.05) is 36.1 Å². The first-order valence-electron chi connectivity index (χ1n) is 16.2. The zero-order chi connectivity index (χ0) is 35.5. The molecule has 268 valence electrons. The first kappa shape index (κ1) is 39.5. The molecular formula is C37H44Cl3N5O4S. The van der Waals surface area contributed by atoms with Gasteiger partial charge in [0.1, 0.15) is 27.5 Å². The number of amidine groups is 1. The smallest absolute Gasteiger partial charge is 0.326 e. The molecule has 0 spiro atoms. The summed E-state index contributed by atoms with van der Waals surface area (Å²) in [5.74, 6) is 0.986. The molecule has 3 aromatic rings. The number of rotatable bonds is 10. The summed E-state index contributed by atoms with van der Waals surface area (Å²) in [5, 5.41) is 11.4. The Morgan fingerprint density at radius 3 is 2.10 bits per heavy atom. The minimum absolute atomic E-state index is 0. The molecule has 0 aliphatic carbocycles. The predicted octanol–water partition coefficient (Wildman–Crippen LogP) is 8.20. The molecule has 3 aromatic carbocycles. The number of carbonyl (C=O) groups is 1. The van der Waals surface area contributed by atoms with Crippen molar-refractivity contribution in [2.75, 3.05) is 51.3 Å². The Hall–Kier alpha value is -3.33. The molecule has 13 heteroatoms. The average Bonchev–Trinajstić information content (AvgIpc) is 3.46. The van der Waals surface area contributed by atoms with Crippen LogP contribution in [0.4, 0.5) is 4.79 Å². The Kier molecular flexibility index (Phi) is 12.9. The van der Waals surface area contributed by atoms with Crippen molar-refractivity contribution in [3.05, 3.63) is 98.0 Å². The van der Waals surface area contributed by atoms with Crippen molar-refractivity contribution in [1.82, 2.24) is 14.7 Å². The molecular weight excluding hydrogens is 717 g/mol. The fourth-order valence-corrected chi connectivity index (χ4v) is 7.57. The lowest BCUT2D eigenvalue weighted by Gasteiger charge is -2.39. The van der Waals surface area contributed by atoms with Crippen LogP contribution in [-0.4, -0.2) is 86.3 Å². The van der Waals surface area contributed by atoms with Gasteiger partial charge in [-0.1, -0.05) is 66.5 Å². The van der Waals surface area contributed by atoms with Crippen molar-refractivity contribution in [2.24, 2.45) is 4.99 Å². The molecule has 2 heterocycles. The fourth-order valence-electron chi connectivity index (χ4n) is 6.26. The maximum Gasteiger partial charge on any atom is 0.326 e. The van der Waals surface area contributed by atoms with Gasteiger partial charge in [-0.3, -0.25) is 14.8 Å². The van der Waals surface area contributed by atoms with E-state index in [-0.39, 0.29) is 19.2 Å². The van der Waals surface area contributed by atoms with Crippen LogP contribution in [0.3, 0.4) is 0 Å². The van der Waals surface area contributed by atoms with Gasteiger partial charge in [0.2, 0.25) is 0 Å². The Morgan fingerprint density at radius 1 is 0.980 bits per heavy atom. The Balaban J connectivity index is 0.00000562. The van der Waals surface area contributed by atoms with Gasteiger partial charge in [0, 0.05) is 47.5 Å². The number of urea groups is 1. The van der Waals surface area contributed by atoms with E-state index in [1.165, 1.54) is 6.26 Å². The SMILES string of the molecule is C.CCOc1cc(C(C)(C)C#N)c(Cl)cc1C1=N[C@@H](c2ccc(Cl)cc2)[C@@H](c2ccc(Cl)cc2)N1C(=O)N1CCN(CCCS(C)(=O)=O)CC1. The van der Waals surface area contributed by atoms with E-state index in [0.717, 1.165) is 11.1 Å². The summed E-state index contributed by atoms with van der Waals surface area (Å²) in [6, 6.07) is 19.4. The summed E-state index contributed by atoms with van der Waals surface area (Å²) in [5.41, 5.74) is 1.94. The van der Waals surface area contributed by atoms with Crippen molar-refractivity contribution >= 4 is 56.5 Å². The first-order valence-corrected chi connectivity index (χ1v) is 19.4. The first-order chi connectivity index (χ1) is 23.2. The molecule has 0 N–H and O–H groups in total. The molecule has 50 heavy (non-hydrogen) atoms. The average molecular weight is 761 g/mol. The van der Waals surface area contributed by atoms with Crippen LogP contribution in [0.1, 0.15) is 69.0 Å². The van der Waals surface area contributed by atoms with Crippen LogP contribution < -0.4 is 4.74 Å². The molecule has 2 atom stereocenters. The molecule has 2 aliphatic heterocycles. The largest absolute Gasteiger partial charge is 0.493 e. The van der Waals surface area contributed by atoms with Gasteiger partial charge in [0.15, 0.2) is 0 Å². The number of aliphatic imine (C=N–C) groups is 1. The minimum atomic E-state index is -3.04. The predicted molar refractivity (Wildman–Crippen MR) is 202 cm³/mol. The lowest BCUT2D eigenvalue weighted by molar-refractivity contribution is 0.119. The normalized spacial score (nSPS) is 18.3. The number of hydrogen-bond donors (Lipinski definition) is 0. The van der Waals surface area contributed by atoms with E-state index in [9.17, 15) is 18.5 Å². The summed E-state index contributed by atoms with van der Waals surface area (Å²) in [6.45, 7) is 8.55. The van der Waals surface area contributed by atoms with E-state index in [0.29, 0.717) is 83.5 Å². The summed E-state index contributed by atoms with van der Waals surface area (Å²) >= 11 is 19.5. The van der Waals surface area contributed by atoms with Crippen LogP contribution in [0, 0.1) is 11.3 Å². The minimum Gasteiger partial charge on any atom is -0.493 e. The highest BCUT2D eigenvalue weighted by Gasteiger charge is 2.45. The summed E-state index contributed by atoms with van der Waals surface area (Å²) < 4.78 is 29.5. The molecule has 2 amide bonds. The fraction of sp³-hybridized carbons (Fsp3) is 0.432. The Morgan fingerprint density at radius 2 is 1.56 bits per heavy atom. The zero-order valence-electron chi connectivity index (χ0n) is 28.0. The standard InChI is InChI=1S/C36H40Cl3N5O4S.CH4/c1-5-48-31-22-29(36(2,3)23-40)30(39)21-28(31)34-41-32(24-7-11-26(37)12-8-24)33(25-9-13-27(38)14-10-25)44(34)35(45)43-18-16-42(17-19-43)15-6-20-49(4,46)47;/h7-14,21-22,32-33H,5-6,15-20H2,1-4H3;1H4/t32-,33+;/m0./s1. The van der Waals surface area contributed by atoms with Gasteiger partial charge in [0.25, 0.3) is 0 Å². The summed E-state index contributed by atoms with van der Waals surface area (Å²) in [6.07, 6.45) is 1.78. The van der Waals surface area contributed by atoms with Gasteiger partial charge < -0.3 is 9.64 Å². The van der Waals surface area contributed by atoms with Gasteiger partial charge in [-0.05, 0) is 86.8 Å². The van der Waals surface area contributed by atoms with Crippen LogP contribution in [-0.2, 0) is 15.3 Å². The maximum atomic E-state index is 14.9. The Bertz CT molecular complexity index is 1850. The quantitative estimate of drug-likeness (QED) is 0.206. The van der Waals surface area contributed by atoms with Crippen LogP contribution >= 0.6 is 34.8 Å². The van der Waals surface area contributed by atoms with E-state index in [2.05, 4.69) is 11.0 Å². The molecule has 0 unspecified atom stereocenters. The molecule has 1 fully saturated rings. The van der Waals surface area contributed by atoms with E-state index in [4.69, 9.17) is 44.5 Å². The third kappa shape index (κ3) is 8.93. The van der Waals surface area contributed by atoms with Crippen LogP contribution in [0.5, 0.6) is 5.75 Å². The van der Waals surface area contributed by atoms with E-state index in [1.54, 1.807) is 55.1 Å². The van der Waals surface area contributed by atoms with Crippen molar-refractivity contribution in [3.8, 4) is 11.8 Å². The van der Waals surface area contributed by atoms with Crippen LogP contribution in [0.2, 0.25) is 15.1 Å². The van der Waals surface area contributed by atoms with Gasteiger partial charge in [-0.15, -0.1) is 0 Å². The highest BCUT2D eigenvalue weighted by Crippen LogP contribution is 2.46. The number of halogens is 3. The number of piperazine rings is 1. The van der Waals surface area contributed by atoms with E-state index >= 15 is 0 Å². The van der Waals surface area contributed by atoms with Gasteiger partial charge in [-0.25, -0.2) is 13.2 Å². The molecule has 0 bridgehead atoms. The summed E-state index contributed by atoms with van der Waals surface area (Å²) in [7, 11) is -3.04. The number of benzene rings is 3. The van der Waals surface area contributed by atoms with Crippen molar-refractivity contribution in [1.29, 1.82) is 5.26 Å². The second-order valence-corrected chi connectivity index (χ2v) is 16.4. The third-order valence-corrected chi connectivity index (χ3v) is 10.7. The second-order valence-electron chi connectivity index (χ2n) is 12.9. The molecule has 9 nitrogen and oxygen atoms in total. The maximum absolute atomic E-state index is 14.9. The number of nitrogens with zero attached hydrogens (tertiary/aromatic N) is 5. The topological polar surface area (TPSA) is 106 Å². The number of carbonyl (C=O) groups excluding carboxylic acids is 1. The van der Waals surface area contributed by atoms with Gasteiger partial charge >= 0.3 is 6.03 Å². The van der Waals surface area contributed by atoms with Crippen molar-refractivity contribution in [2.45, 2.75) is 52.1 Å². The van der Waals surface area contributed by atoms with Crippen molar-refractivity contribution in [3.63, 3.8) is 0 Å². The number of ether oxygens (including phenoxy) is 1. The summed E-state index contributed by atoms with van der Waals surface area (Å²) in [4.78, 5) is 25.8. The second kappa shape index (κ2) is 16.3. The monoisotopic (exact) mass is 759 g/mol. The van der Waals surface area contributed by atoms with Crippen molar-refractivity contribution < 1.29 is 17.9 Å².